The van der Waals surface area contributed by atoms with Gasteiger partial charge in [-0.05, 0) is 0 Å². The second-order valence-corrected chi connectivity index (χ2v) is 2.07. The SMILES string of the molecule is C=c1ncn2[nH]c(=O)cc12. The second-order valence-electron chi connectivity index (χ2n) is 2.07. The molecule has 0 spiro atoms. The molecule has 2 aromatic heterocycles. The van der Waals surface area contributed by atoms with Crippen molar-refractivity contribution in [3.8, 4) is 0 Å². The third kappa shape index (κ3) is 0.500. The van der Waals surface area contributed by atoms with Gasteiger partial charge < -0.3 is 0 Å². The molecule has 0 aromatic carbocycles. The van der Waals surface area contributed by atoms with Crippen molar-refractivity contribution < 1.29 is 0 Å². The van der Waals surface area contributed by atoms with E-state index in [9.17, 15) is 4.79 Å². The number of aromatic nitrogens is 3. The molecule has 0 saturated carbocycles. The zero-order valence-electron chi connectivity index (χ0n) is 5.16. The molecular formula is C6H5N3O. The summed E-state index contributed by atoms with van der Waals surface area (Å²) in [5, 5.41) is 3.16. The maximum atomic E-state index is 10.7. The summed E-state index contributed by atoms with van der Waals surface area (Å²) < 4.78 is 1.55. The van der Waals surface area contributed by atoms with Gasteiger partial charge in [-0.25, -0.2) is 9.50 Å². The van der Waals surface area contributed by atoms with Gasteiger partial charge in [0.25, 0.3) is 5.56 Å². The van der Waals surface area contributed by atoms with Crippen molar-refractivity contribution in [1.82, 2.24) is 14.6 Å². The minimum absolute atomic E-state index is 0.123. The molecule has 50 valence electrons. The average Bonchev–Trinajstić information content (AvgIpc) is 2.35. The van der Waals surface area contributed by atoms with Crippen molar-refractivity contribution in [2.75, 3.05) is 0 Å². The maximum absolute atomic E-state index is 10.7. The molecule has 4 heteroatoms. The highest BCUT2D eigenvalue weighted by molar-refractivity contribution is 5.45. The molecule has 1 N–H and O–H groups in total. The number of hydrogen-bond donors (Lipinski definition) is 1. The summed E-state index contributed by atoms with van der Waals surface area (Å²) >= 11 is 0. The number of hydrogen-bond acceptors (Lipinski definition) is 2. The summed E-state index contributed by atoms with van der Waals surface area (Å²) in [7, 11) is 0. The van der Waals surface area contributed by atoms with E-state index in [1.54, 1.807) is 4.52 Å². The molecule has 4 nitrogen and oxygen atoms in total. The first-order valence-electron chi connectivity index (χ1n) is 2.82. The van der Waals surface area contributed by atoms with Crippen LogP contribution in [0.15, 0.2) is 17.2 Å². The van der Waals surface area contributed by atoms with Crippen LogP contribution in [0.4, 0.5) is 0 Å². The zero-order chi connectivity index (χ0) is 7.14. The van der Waals surface area contributed by atoms with E-state index in [-0.39, 0.29) is 5.56 Å². The van der Waals surface area contributed by atoms with Gasteiger partial charge in [0.2, 0.25) is 0 Å². The lowest BCUT2D eigenvalue weighted by Gasteiger charge is -1.74. The smallest absolute Gasteiger partial charge is 0.265 e. The van der Waals surface area contributed by atoms with Crippen LogP contribution >= 0.6 is 0 Å². The maximum Gasteiger partial charge on any atom is 0.265 e. The van der Waals surface area contributed by atoms with E-state index in [4.69, 9.17) is 0 Å². The van der Waals surface area contributed by atoms with Gasteiger partial charge in [-0.2, -0.15) is 0 Å². The van der Waals surface area contributed by atoms with Crippen molar-refractivity contribution in [1.29, 1.82) is 0 Å². The standard InChI is InChI=1S/C6H5N3O/c1-4-5-2-6(10)8-9(5)3-7-4/h2-3H,1H2,(H,8,10). The predicted molar refractivity (Wildman–Crippen MR) is 36.6 cm³/mol. The van der Waals surface area contributed by atoms with E-state index in [0.717, 1.165) is 5.52 Å². The molecule has 0 aliphatic rings. The largest absolute Gasteiger partial charge is 0.268 e. The van der Waals surface area contributed by atoms with Gasteiger partial charge in [-0.15, -0.1) is 0 Å². The third-order valence-electron chi connectivity index (χ3n) is 1.38. The highest BCUT2D eigenvalue weighted by atomic mass is 16.1. The van der Waals surface area contributed by atoms with Crippen LogP contribution in [-0.4, -0.2) is 14.6 Å². The summed E-state index contributed by atoms with van der Waals surface area (Å²) in [6.07, 6.45) is 1.53. The van der Waals surface area contributed by atoms with E-state index >= 15 is 0 Å². The predicted octanol–water partition coefficient (Wildman–Crippen LogP) is -0.848. The Balaban J connectivity index is 3.18. The summed E-state index contributed by atoms with van der Waals surface area (Å²) in [5.74, 6) is 0. The lowest BCUT2D eigenvalue weighted by molar-refractivity contribution is 0.933. The highest BCUT2D eigenvalue weighted by Crippen LogP contribution is 1.85. The summed E-state index contributed by atoms with van der Waals surface area (Å²) in [6.45, 7) is 3.63. The molecule has 2 heterocycles. The monoisotopic (exact) mass is 135 g/mol. The van der Waals surface area contributed by atoms with Gasteiger partial charge in [0.05, 0.1) is 10.9 Å². The highest BCUT2D eigenvalue weighted by Gasteiger charge is 1.96. The van der Waals surface area contributed by atoms with Crippen LogP contribution in [0.1, 0.15) is 0 Å². The fraction of sp³-hybridized carbons (Fsp3) is 0. The van der Waals surface area contributed by atoms with E-state index in [1.165, 1.54) is 12.4 Å². The quantitative estimate of drug-likeness (QED) is 0.511. The van der Waals surface area contributed by atoms with Gasteiger partial charge in [0.15, 0.2) is 0 Å². The molecule has 2 rings (SSSR count). The molecule has 0 saturated heterocycles. The van der Waals surface area contributed by atoms with Crippen molar-refractivity contribution in [2.45, 2.75) is 0 Å². The Morgan fingerprint density at radius 1 is 1.70 bits per heavy atom. The molecule has 0 unspecified atom stereocenters. The number of aromatic amines is 1. The first-order chi connectivity index (χ1) is 4.77. The van der Waals surface area contributed by atoms with Crippen LogP contribution in [0, 0.1) is 0 Å². The Morgan fingerprint density at radius 3 is 3.20 bits per heavy atom. The minimum atomic E-state index is -0.123. The molecule has 0 atom stereocenters. The lowest BCUT2D eigenvalue weighted by atomic mass is 10.5. The Kier molecular flexibility index (Phi) is 0.768. The van der Waals surface area contributed by atoms with Crippen LogP contribution in [0.25, 0.3) is 12.1 Å². The number of H-pyrrole nitrogens is 1. The molecule has 0 aliphatic heterocycles. The van der Waals surface area contributed by atoms with Crippen LogP contribution < -0.4 is 10.9 Å². The lowest BCUT2D eigenvalue weighted by Crippen LogP contribution is -1.99. The van der Waals surface area contributed by atoms with Crippen molar-refractivity contribution in [2.24, 2.45) is 0 Å². The number of imidazole rings is 1. The number of fused-ring (bicyclic) bond motifs is 1. The van der Waals surface area contributed by atoms with Crippen molar-refractivity contribution in [3.63, 3.8) is 0 Å². The van der Waals surface area contributed by atoms with Gasteiger partial charge in [0, 0.05) is 6.07 Å². The number of rotatable bonds is 0. The Labute approximate surface area is 55.8 Å². The Hall–Kier alpha value is -1.58. The van der Waals surface area contributed by atoms with E-state index in [0.29, 0.717) is 5.35 Å². The first-order valence-corrected chi connectivity index (χ1v) is 2.82. The zero-order valence-corrected chi connectivity index (χ0v) is 5.16. The summed E-state index contributed by atoms with van der Waals surface area (Å²) in [5.41, 5.74) is 0.618. The van der Waals surface area contributed by atoms with E-state index < -0.39 is 0 Å². The molecule has 0 bridgehead atoms. The van der Waals surface area contributed by atoms with Gasteiger partial charge in [-0.1, -0.05) is 6.58 Å². The van der Waals surface area contributed by atoms with Gasteiger partial charge in [-0.3, -0.25) is 9.89 Å². The molecule has 0 radical (unpaired) electrons. The van der Waals surface area contributed by atoms with Gasteiger partial charge in [0.1, 0.15) is 6.33 Å². The summed E-state index contributed by atoms with van der Waals surface area (Å²) in [4.78, 5) is 14.5. The fourth-order valence-electron chi connectivity index (χ4n) is 0.912. The van der Waals surface area contributed by atoms with Crippen LogP contribution in [0.2, 0.25) is 0 Å². The van der Waals surface area contributed by atoms with Gasteiger partial charge >= 0.3 is 0 Å². The molecular weight excluding hydrogens is 130 g/mol. The fourth-order valence-corrected chi connectivity index (χ4v) is 0.912. The molecule has 0 amide bonds. The van der Waals surface area contributed by atoms with E-state index in [1.807, 2.05) is 0 Å². The molecule has 0 fully saturated rings. The Morgan fingerprint density at radius 2 is 2.50 bits per heavy atom. The molecule has 2 aromatic rings. The third-order valence-corrected chi connectivity index (χ3v) is 1.38. The van der Waals surface area contributed by atoms with Crippen molar-refractivity contribution >= 4 is 12.1 Å². The number of nitrogens with one attached hydrogen (secondary N) is 1. The van der Waals surface area contributed by atoms with Crippen LogP contribution in [0.5, 0.6) is 0 Å². The normalized spacial score (nSPS) is 10.8. The number of nitrogens with zero attached hydrogens (tertiary/aromatic N) is 2. The molecule has 0 aliphatic carbocycles. The molecule has 10 heavy (non-hydrogen) atoms. The van der Waals surface area contributed by atoms with Crippen molar-refractivity contribution in [3.05, 3.63) is 28.1 Å². The van der Waals surface area contributed by atoms with E-state index in [2.05, 4.69) is 16.7 Å². The van der Waals surface area contributed by atoms with Crippen LogP contribution in [0.3, 0.4) is 0 Å². The Bertz CT molecular complexity index is 453. The second kappa shape index (κ2) is 1.47. The average molecular weight is 135 g/mol. The topological polar surface area (TPSA) is 50.2 Å². The summed E-state index contributed by atoms with van der Waals surface area (Å²) in [6, 6.07) is 1.47. The van der Waals surface area contributed by atoms with Crippen LogP contribution in [-0.2, 0) is 0 Å². The minimum Gasteiger partial charge on any atom is -0.268 e. The first kappa shape index (κ1) is 5.22.